The highest BCUT2D eigenvalue weighted by Crippen LogP contribution is 2.38. The highest BCUT2D eigenvalue weighted by atomic mass is 16.6. The molecule has 5 heteroatoms. The Morgan fingerprint density at radius 3 is 2.72 bits per heavy atom. The summed E-state index contributed by atoms with van der Waals surface area (Å²) < 4.78 is 4.88. The average Bonchev–Trinajstić information content (AvgIpc) is 2.65. The molecule has 96 valence electrons. The number of ether oxygens (including phenoxy) is 1. The molecule has 1 aliphatic rings. The number of carbonyl (C=O) groups is 2. The minimum atomic E-state index is -2.00. The summed E-state index contributed by atoms with van der Waals surface area (Å²) in [5.41, 5.74) is -0.833. The van der Waals surface area contributed by atoms with Crippen LogP contribution in [0.2, 0.25) is 0 Å². The minimum Gasteiger partial charge on any atom is -0.462 e. The van der Waals surface area contributed by atoms with Crippen LogP contribution < -0.4 is 0 Å². The van der Waals surface area contributed by atoms with Crippen LogP contribution in [0.15, 0.2) is 24.3 Å². The van der Waals surface area contributed by atoms with Gasteiger partial charge in [-0.25, -0.2) is 4.79 Å². The summed E-state index contributed by atoms with van der Waals surface area (Å²) in [7, 11) is 0. The SMILES string of the molecule is CCOC(=O)C1(O)c2ccccc2CN1C(C)=O. The molecule has 0 saturated heterocycles. The lowest BCUT2D eigenvalue weighted by atomic mass is 10.0. The molecule has 1 heterocycles. The van der Waals surface area contributed by atoms with Crippen molar-refractivity contribution in [3.8, 4) is 0 Å². The number of rotatable bonds is 2. The first kappa shape index (κ1) is 12.6. The number of hydrogen-bond donors (Lipinski definition) is 1. The summed E-state index contributed by atoms with van der Waals surface area (Å²) in [6.07, 6.45) is 0. The zero-order valence-electron chi connectivity index (χ0n) is 10.3. The van der Waals surface area contributed by atoms with Crippen LogP contribution in [-0.4, -0.2) is 28.5 Å². The smallest absolute Gasteiger partial charge is 0.364 e. The first-order valence-electron chi connectivity index (χ1n) is 5.78. The quantitative estimate of drug-likeness (QED) is 0.786. The molecule has 1 aromatic carbocycles. The van der Waals surface area contributed by atoms with E-state index in [2.05, 4.69) is 0 Å². The Balaban J connectivity index is 2.52. The van der Waals surface area contributed by atoms with Gasteiger partial charge in [0.05, 0.1) is 6.61 Å². The molecule has 0 saturated carbocycles. The summed E-state index contributed by atoms with van der Waals surface area (Å²) in [5.74, 6) is -1.19. The van der Waals surface area contributed by atoms with E-state index in [1.54, 1.807) is 31.2 Å². The summed E-state index contributed by atoms with van der Waals surface area (Å²) in [6.45, 7) is 3.33. The van der Waals surface area contributed by atoms with Crippen molar-refractivity contribution in [2.24, 2.45) is 0 Å². The standard InChI is InChI=1S/C13H15NO4/c1-3-18-12(16)13(17)11-7-5-4-6-10(11)8-14(13)9(2)15/h4-7,17H,3,8H2,1-2H3. The van der Waals surface area contributed by atoms with Crippen molar-refractivity contribution >= 4 is 11.9 Å². The molecule has 2 rings (SSSR count). The second-order valence-electron chi connectivity index (χ2n) is 4.15. The molecule has 1 atom stereocenters. The van der Waals surface area contributed by atoms with E-state index in [9.17, 15) is 14.7 Å². The van der Waals surface area contributed by atoms with Gasteiger partial charge in [-0.15, -0.1) is 0 Å². The van der Waals surface area contributed by atoms with Gasteiger partial charge in [-0.1, -0.05) is 24.3 Å². The first-order chi connectivity index (χ1) is 8.51. The second kappa shape index (κ2) is 4.42. The predicted octanol–water partition coefficient (Wildman–Crippen LogP) is 0.757. The third-order valence-electron chi connectivity index (χ3n) is 3.05. The topological polar surface area (TPSA) is 66.8 Å². The number of hydrogen-bond acceptors (Lipinski definition) is 4. The molecule has 5 nitrogen and oxygen atoms in total. The normalized spacial score (nSPS) is 21.6. The second-order valence-corrected chi connectivity index (χ2v) is 4.15. The van der Waals surface area contributed by atoms with Crippen molar-refractivity contribution in [1.82, 2.24) is 4.90 Å². The van der Waals surface area contributed by atoms with Gasteiger partial charge in [-0.05, 0) is 12.5 Å². The Labute approximate surface area is 105 Å². The minimum absolute atomic E-state index is 0.148. The predicted molar refractivity (Wildman–Crippen MR) is 63.2 cm³/mol. The van der Waals surface area contributed by atoms with Crippen molar-refractivity contribution in [3.63, 3.8) is 0 Å². The van der Waals surface area contributed by atoms with E-state index in [1.165, 1.54) is 6.92 Å². The lowest BCUT2D eigenvalue weighted by molar-refractivity contribution is -0.193. The summed E-state index contributed by atoms with van der Waals surface area (Å²) in [4.78, 5) is 24.7. The Hall–Kier alpha value is -1.88. The van der Waals surface area contributed by atoms with Gasteiger partial charge in [0, 0.05) is 19.0 Å². The maximum absolute atomic E-state index is 12.0. The van der Waals surface area contributed by atoms with E-state index >= 15 is 0 Å². The molecule has 0 aliphatic carbocycles. The fourth-order valence-electron chi connectivity index (χ4n) is 2.22. The number of aliphatic hydroxyl groups is 1. The molecule has 0 radical (unpaired) electrons. The van der Waals surface area contributed by atoms with Crippen molar-refractivity contribution in [1.29, 1.82) is 0 Å². The van der Waals surface area contributed by atoms with Crippen LogP contribution in [0.3, 0.4) is 0 Å². The first-order valence-corrected chi connectivity index (χ1v) is 5.78. The lowest BCUT2D eigenvalue weighted by Crippen LogP contribution is -2.50. The third kappa shape index (κ3) is 1.67. The Morgan fingerprint density at radius 2 is 2.11 bits per heavy atom. The highest BCUT2D eigenvalue weighted by molar-refractivity contribution is 5.88. The lowest BCUT2D eigenvalue weighted by Gasteiger charge is -2.30. The summed E-state index contributed by atoms with van der Waals surface area (Å²) in [5, 5.41) is 10.6. The maximum Gasteiger partial charge on any atom is 0.364 e. The Kier molecular flexibility index (Phi) is 3.09. The van der Waals surface area contributed by atoms with Crippen molar-refractivity contribution in [3.05, 3.63) is 35.4 Å². The van der Waals surface area contributed by atoms with E-state index in [1.807, 2.05) is 0 Å². The summed E-state index contributed by atoms with van der Waals surface area (Å²) in [6, 6.07) is 6.93. The van der Waals surface area contributed by atoms with Gasteiger partial charge in [0.2, 0.25) is 5.91 Å². The fourth-order valence-corrected chi connectivity index (χ4v) is 2.22. The monoisotopic (exact) mass is 249 g/mol. The molecule has 0 aromatic heterocycles. The number of benzene rings is 1. The molecule has 18 heavy (non-hydrogen) atoms. The van der Waals surface area contributed by atoms with Gasteiger partial charge in [-0.2, -0.15) is 0 Å². The molecule has 0 spiro atoms. The zero-order chi connectivity index (χ0) is 13.3. The van der Waals surface area contributed by atoms with Crippen LogP contribution in [0.1, 0.15) is 25.0 Å². The number of esters is 1. The van der Waals surface area contributed by atoms with Gasteiger partial charge in [0.25, 0.3) is 5.72 Å². The van der Waals surface area contributed by atoms with Crippen molar-refractivity contribution < 1.29 is 19.4 Å². The summed E-state index contributed by atoms with van der Waals surface area (Å²) >= 11 is 0. The molecule has 1 aromatic rings. The van der Waals surface area contributed by atoms with Crippen LogP contribution in [0.4, 0.5) is 0 Å². The largest absolute Gasteiger partial charge is 0.462 e. The van der Waals surface area contributed by atoms with Crippen molar-refractivity contribution in [2.75, 3.05) is 6.61 Å². The molecule has 1 aliphatic heterocycles. The van der Waals surface area contributed by atoms with Gasteiger partial charge in [-0.3, -0.25) is 9.69 Å². The molecule has 1 amide bonds. The average molecular weight is 249 g/mol. The third-order valence-corrected chi connectivity index (χ3v) is 3.05. The number of amides is 1. The highest BCUT2D eigenvalue weighted by Gasteiger charge is 2.52. The maximum atomic E-state index is 12.0. The van der Waals surface area contributed by atoms with E-state index in [0.717, 1.165) is 10.5 Å². The van der Waals surface area contributed by atoms with E-state index in [4.69, 9.17) is 4.74 Å². The van der Waals surface area contributed by atoms with Crippen LogP contribution in [0.25, 0.3) is 0 Å². The fraction of sp³-hybridized carbons (Fsp3) is 0.385. The van der Waals surface area contributed by atoms with E-state index in [-0.39, 0.29) is 19.1 Å². The Morgan fingerprint density at radius 1 is 1.44 bits per heavy atom. The van der Waals surface area contributed by atoms with Gasteiger partial charge in [0.15, 0.2) is 0 Å². The number of fused-ring (bicyclic) bond motifs is 1. The van der Waals surface area contributed by atoms with Crippen LogP contribution in [-0.2, 0) is 26.6 Å². The van der Waals surface area contributed by atoms with Crippen LogP contribution in [0, 0.1) is 0 Å². The van der Waals surface area contributed by atoms with E-state index in [0.29, 0.717) is 5.56 Å². The van der Waals surface area contributed by atoms with Gasteiger partial charge in [0.1, 0.15) is 0 Å². The van der Waals surface area contributed by atoms with Gasteiger partial charge < -0.3 is 9.84 Å². The molecule has 0 bridgehead atoms. The van der Waals surface area contributed by atoms with Crippen LogP contribution >= 0.6 is 0 Å². The molecular formula is C13H15NO4. The molecular weight excluding hydrogens is 234 g/mol. The molecule has 1 N–H and O–H groups in total. The van der Waals surface area contributed by atoms with Crippen LogP contribution in [0.5, 0.6) is 0 Å². The van der Waals surface area contributed by atoms with Gasteiger partial charge >= 0.3 is 5.97 Å². The Bertz CT molecular complexity index is 500. The number of carbonyl (C=O) groups excluding carboxylic acids is 2. The molecule has 0 fully saturated rings. The number of nitrogens with zero attached hydrogens (tertiary/aromatic N) is 1. The zero-order valence-corrected chi connectivity index (χ0v) is 10.3. The van der Waals surface area contributed by atoms with Crippen molar-refractivity contribution in [2.45, 2.75) is 26.1 Å². The molecule has 1 unspecified atom stereocenters. The van der Waals surface area contributed by atoms with E-state index < -0.39 is 11.7 Å².